The van der Waals surface area contributed by atoms with Crippen LogP contribution in [0.1, 0.15) is 0 Å². The Balaban J connectivity index is 2.72. The van der Waals surface area contributed by atoms with Crippen molar-refractivity contribution in [2.45, 2.75) is 0 Å². The SMILES string of the molecule is COCCNC(=O)CN(C)c1cc(OC)c(N)cc1F. The average molecular weight is 285 g/mol. The molecule has 0 aliphatic carbocycles. The monoisotopic (exact) mass is 285 g/mol. The smallest absolute Gasteiger partial charge is 0.239 e. The summed E-state index contributed by atoms with van der Waals surface area (Å²) < 4.78 is 23.7. The standard InChI is InChI=1S/C13H20FN3O3/c1-17(8-13(18)16-4-5-19-2)11-7-12(20-3)10(15)6-9(11)14/h6-7H,4-5,8,15H2,1-3H3,(H,16,18). The lowest BCUT2D eigenvalue weighted by atomic mass is 10.2. The number of nitrogens with one attached hydrogen (secondary N) is 1. The first-order chi connectivity index (χ1) is 9.49. The molecule has 0 radical (unpaired) electrons. The molecule has 0 atom stereocenters. The summed E-state index contributed by atoms with van der Waals surface area (Å²) in [6.45, 7) is 0.865. The summed E-state index contributed by atoms with van der Waals surface area (Å²) in [4.78, 5) is 13.1. The Hall–Kier alpha value is -2.02. The van der Waals surface area contributed by atoms with Crippen molar-refractivity contribution in [2.24, 2.45) is 0 Å². The van der Waals surface area contributed by atoms with E-state index in [9.17, 15) is 9.18 Å². The Kier molecular flexibility index (Phi) is 6.05. The van der Waals surface area contributed by atoms with Gasteiger partial charge in [-0.1, -0.05) is 0 Å². The van der Waals surface area contributed by atoms with E-state index in [4.69, 9.17) is 15.2 Å². The minimum Gasteiger partial charge on any atom is -0.495 e. The van der Waals surface area contributed by atoms with Crippen molar-refractivity contribution in [1.82, 2.24) is 5.32 Å². The number of anilines is 2. The van der Waals surface area contributed by atoms with Crippen LogP contribution in [0.15, 0.2) is 12.1 Å². The number of halogens is 1. The molecule has 0 fully saturated rings. The average Bonchev–Trinajstić information content (AvgIpc) is 2.39. The number of nitrogens with zero attached hydrogens (tertiary/aromatic N) is 1. The fourth-order valence-corrected chi connectivity index (χ4v) is 1.68. The zero-order valence-corrected chi connectivity index (χ0v) is 11.9. The second-order valence-electron chi connectivity index (χ2n) is 4.24. The molecule has 0 unspecified atom stereocenters. The van der Waals surface area contributed by atoms with Crippen LogP contribution in [0.25, 0.3) is 0 Å². The van der Waals surface area contributed by atoms with Crippen LogP contribution in [-0.4, -0.2) is 46.9 Å². The van der Waals surface area contributed by atoms with Crippen molar-refractivity contribution in [2.75, 3.05) is 51.6 Å². The molecule has 0 saturated carbocycles. The lowest BCUT2D eigenvalue weighted by Gasteiger charge is -2.20. The van der Waals surface area contributed by atoms with Gasteiger partial charge in [-0.3, -0.25) is 4.79 Å². The van der Waals surface area contributed by atoms with E-state index in [0.717, 1.165) is 0 Å². The number of carbonyl (C=O) groups excluding carboxylic acids is 1. The van der Waals surface area contributed by atoms with Crippen molar-refractivity contribution in [3.63, 3.8) is 0 Å². The Bertz CT molecular complexity index is 468. The van der Waals surface area contributed by atoms with E-state index in [0.29, 0.717) is 18.9 Å². The summed E-state index contributed by atoms with van der Waals surface area (Å²) in [7, 11) is 4.61. The number of ether oxygens (including phenoxy) is 2. The van der Waals surface area contributed by atoms with Crippen LogP contribution in [0.2, 0.25) is 0 Å². The van der Waals surface area contributed by atoms with Crippen LogP contribution in [0.3, 0.4) is 0 Å². The van der Waals surface area contributed by atoms with Crippen molar-refractivity contribution in [1.29, 1.82) is 0 Å². The van der Waals surface area contributed by atoms with E-state index in [1.807, 2.05) is 0 Å². The lowest BCUT2D eigenvalue weighted by Crippen LogP contribution is -2.37. The van der Waals surface area contributed by atoms with Gasteiger partial charge in [0.2, 0.25) is 5.91 Å². The molecule has 7 heteroatoms. The van der Waals surface area contributed by atoms with Gasteiger partial charge in [0.1, 0.15) is 11.6 Å². The van der Waals surface area contributed by atoms with Gasteiger partial charge < -0.3 is 25.4 Å². The number of hydrogen-bond acceptors (Lipinski definition) is 5. The molecular weight excluding hydrogens is 265 g/mol. The van der Waals surface area contributed by atoms with Crippen LogP contribution in [-0.2, 0) is 9.53 Å². The molecule has 0 saturated heterocycles. The predicted molar refractivity (Wildman–Crippen MR) is 75.5 cm³/mol. The van der Waals surface area contributed by atoms with Crippen LogP contribution in [0.5, 0.6) is 5.75 Å². The van der Waals surface area contributed by atoms with E-state index in [2.05, 4.69) is 5.32 Å². The molecule has 1 amide bonds. The fraction of sp³-hybridized carbons (Fsp3) is 0.462. The van der Waals surface area contributed by atoms with Gasteiger partial charge >= 0.3 is 0 Å². The fourth-order valence-electron chi connectivity index (χ4n) is 1.68. The molecule has 3 N–H and O–H groups in total. The summed E-state index contributed by atoms with van der Waals surface area (Å²) in [5.41, 5.74) is 6.07. The third kappa shape index (κ3) is 4.27. The molecule has 0 aliphatic heterocycles. The highest BCUT2D eigenvalue weighted by Gasteiger charge is 2.14. The highest BCUT2D eigenvalue weighted by molar-refractivity contribution is 5.81. The van der Waals surface area contributed by atoms with Crippen molar-refractivity contribution in [3.8, 4) is 5.75 Å². The number of likely N-dealkylation sites (N-methyl/N-ethyl adjacent to an activating group) is 1. The quantitative estimate of drug-likeness (QED) is 0.567. The number of rotatable bonds is 7. The maximum atomic E-state index is 13.8. The number of methoxy groups -OCH3 is 2. The minimum absolute atomic E-state index is 0.0215. The highest BCUT2D eigenvalue weighted by Crippen LogP contribution is 2.29. The van der Waals surface area contributed by atoms with Gasteiger partial charge in [0.25, 0.3) is 0 Å². The lowest BCUT2D eigenvalue weighted by molar-refractivity contribution is -0.119. The molecule has 0 heterocycles. The number of nitrogen functional groups attached to an aromatic ring is 1. The molecule has 0 spiro atoms. The highest BCUT2D eigenvalue weighted by atomic mass is 19.1. The van der Waals surface area contributed by atoms with E-state index < -0.39 is 5.82 Å². The zero-order valence-electron chi connectivity index (χ0n) is 11.9. The Morgan fingerprint density at radius 1 is 1.45 bits per heavy atom. The first kappa shape index (κ1) is 16.0. The summed E-state index contributed by atoms with van der Waals surface area (Å²) in [5, 5.41) is 2.66. The van der Waals surface area contributed by atoms with Crippen molar-refractivity contribution >= 4 is 17.3 Å². The molecule has 112 valence electrons. The topological polar surface area (TPSA) is 76.8 Å². The summed E-state index contributed by atoms with van der Waals surface area (Å²) in [6, 6.07) is 2.64. The van der Waals surface area contributed by atoms with Gasteiger partial charge in [0, 0.05) is 32.8 Å². The third-order valence-corrected chi connectivity index (χ3v) is 2.72. The number of benzene rings is 1. The first-order valence-electron chi connectivity index (χ1n) is 6.09. The molecule has 6 nitrogen and oxygen atoms in total. The number of hydrogen-bond donors (Lipinski definition) is 2. The van der Waals surface area contributed by atoms with Gasteiger partial charge in [-0.15, -0.1) is 0 Å². The Labute approximate surface area is 117 Å². The molecule has 1 rings (SSSR count). The van der Waals surface area contributed by atoms with Crippen LogP contribution in [0, 0.1) is 5.82 Å². The van der Waals surface area contributed by atoms with E-state index >= 15 is 0 Å². The molecule has 0 aliphatic rings. The van der Waals surface area contributed by atoms with Gasteiger partial charge in [0.15, 0.2) is 0 Å². The predicted octanol–water partition coefficient (Wildman–Crippen LogP) is 0.615. The van der Waals surface area contributed by atoms with Crippen molar-refractivity contribution in [3.05, 3.63) is 17.9 Å². The Morgan fingerprint density at radius 3 is 2.75 bits per heavy atom. The van der Waals surface area contributed by atoms with E-state index in [-0.39, 0.29) is 23.8 Å². The molecule has 0 aromatic heterocycles. The van der Waals surface area contributed by atoms with Gasteiger partial charge in [-0.25, -0.2) is 4.39 Å². The van der Waals surface area contributed by atoms with Crippen LogP contribution >= 0.6 is 0 Å². The molecule has 1 aromatic carbocycles. The normalized spacial score (nSPS) is 10.2. The van der Waals surface area contributed by atoms with E-state index in [1.54, 1.807) is 14.2 Å². The molecule has 0 bridgehead atoms. The third-order valence-electron chi connectivity index (χ3n) is 2.72. The largest absolute Gasteiger partial charge is 0.495 e. The minimum atomic E-state index is -0.504. The number of carbonyl (C=O) groups is 1. The number of nitrogens with two attached hydrogens (primary N) is 1. The number of amides is 1. The summed E-state index contributed by atoms with van der Waals surface area (Å²) in [5.74, 6) is -0.358. The second kappa shape index (κ2) is 7.54. The first-order valence-corrected chi connectivity index (χ1v) is 6.09. The Morgan fingerprint density at radius 2 is 2.15 bits per heavy atom. The summed E-state index contributed by atoms with van der Waals surface area (Å²) in [6.07, 6.45) is 0. The van der Waals surface area contributed by atoms with Gasteiger partial charge in [-0.05, 0) is 0 Å². The van der Waals surface area contributed by atoms with Crippen molar-refractivity contribution < 1.29 is 18.7 Å². The van der Waals surface area contributed by atoms with E-state index in [1.165, 1.54) is 24.1 Å². The second-order valence-corrected chi connectivity index (χ2v) is 4.24. The van der Waals surface area contributed by atoms with Gasteiger partial charge in [0.05, 0.1) is 31.6 Å². The van der Waals surface area contributed by atoms with Crippen LogP contribution in [0.4, 0.5) is 15.8 Å². The molecule has 1 aromatic rings. The molecule has 20 heavy (non-hydrogen) atoms. The van der Waals surface area contributed by atoms with Gasteiger partial charge in [-0.2, -0.15) is 0 Å². The molecular formula is C13H20FN3O3. The zero-order chi connectivity index (χ0) is 15.1. The maximum absolute atomic E-state index is 13.8. The summed E-state index contributed by atoms with van der Waals surface area (Å²) >= 11 is 0. The maximum Gasteiger partial charge on any atom is 0.239 e. The van der Waals surface area contributed by atoms with Crippen LogP contribution < -0.4 is 20.7 Å².